The summed E-state index contributed by atoms with van der Waals surface area (Å²) in [7, 11) is 0. The molecule has 3 aromatic carbocycles. The monoisotopic (exact) mass is 472 g/mol. The highest BCUT2D eigenvalue weighted by atomic mass is 79.9. The average molecular weight is 473 g/mol. The minimum Gasteiger partial charge on any atom is -0.144 e. The summed E-state index contributed by atoms with van der Waals surface area (Å²) in [6.45, 7) is 0. The highest BCUT2D eigenvalue weighted by molar-refractivity contribution is 9.10. The average Bonchev–Trinajstić information content (AvgIpc) is 3.46. The van der Waals surface area contributed by atoms with E-state index < -0.39 is 5.54 Å². The van der Waals surface area contributed by atoms with E-state index in [0.717, 1.165) is 26.0 Å². The number of hydrogen-bond donors (Lipinski definition) is 0. The third kappa shape index (κ3) is 3.09. The van der Waals surface area contributed by atoms with Gasteiger partial charge >= 0.3 is 0 Å². The molecule has 0 atom stereocenters. The van der Waals surface area contributed by atoms with E-state index in [-0.39, 0.29) is 0 Å². The Labute approximate surface area is 187 Å². The molecule has 0 aliphatic rings. The van der Waals surface area contributed by atoms with E-state index in [1.165, 1.54) is 0 Å². The lowest BCUT2D eigenvalue weighted by Gasteiger charge is -2.34. The van der Waals surface area contributed by atoms with E-state index >= 15 is 0 Å². The van der Waals surface area contributed by atoms with Crippen LogP contribution >= 0.6 is 27.3 Å². The second kappa shape index (κ2) is 7.97. The van der Waals surface area contributed by atoms with Crippen molar-refractivity contribution in [3.8, 4) is 10.7 Å². The van der Waals surface area contributed by atoms with Crippen molar-refractivity contribution in [1.82, 2.24) is 20.2 Å². The summed E-state index contributed by atoms with van der Waals surface area (Å²) < 4.78 is 0.969. The van der Waals surface area contributed by atoms with Gasteiger partial charge in [-0.25, -0.2) is 0 Å². The van der Waals surface area contributed by atoms with Gasteiger partial charge in [0.15, 0.2) is 5.54 Å². The van der Waals surface area contributed by atoms with Crippen molar-refractivity contribution in [2.75, 3.05) is 0 Å². The zero-order valence-electron chi connectivity index (χ0n) is 15.9. The second-order valence-electron chi connectivity index (χ2n) is 6.81. The summed E-state index contributed by atoms with van der Waals surface area (Å²) in [5.41, 5.74) is 2.45. The number of aromatic nitrogens is 4. The topological polar surface area (TPSA) is 43.6 Å². The standard InChI is InChI=1S/C24H17BrN4S/c25-21-16-17-30-22(21)23-26-28-29(27-23)24(18-10-4-1-5-11-18,19-12-6-2-7-13-19)20-14-8-3-9-15-20/h1-17H. The van der Waals surface area contributed by atoms with Gasteiger partial charge in [-0.2, -0.15) is 0 Å². The van der Waals surface area contributed by atoms with Gasteiger partial charge in [0.05, 0.1) is 4.88 Å². The minimum absolute atomic E-state index is 0.601. The maximum atomic E-state index is 4.89. The first kappa shape index (κ1) is 18.9. The van der Waals surface area contributed by atoms with Crippen LogP contribution in [0.3, 0.4) is 0 Å². The molecule has 0 saturated heterocycles. The molecule has 0 unspecified atom stereocenters. The predicted octanol–water partition coefficient (Wildman–Crippen LogP) is 6.00. The Bertz CT molecular complexity index is 1150. The van der Waals surface area contributed by atoms with Gasteiger partial charge in [0, 0.05) is 4.47 Å². The van der Waals surface area contributed by atoms with Gasteiger partial charge in [-0.3, -0.25) is 0 Å². The number of nitrogens with zero attached hydrogens (tertiary/aromatic N) is 4. The van der Waals surface area contributed by atoms with Crippen LogP contribution in [0.25, 0.3) is 10.7 Å². The van der Waals surface area contributed by atoms with E-state index in [0.29, 0.717) is 5.82 Å². The molecule has 0 spiro atoms. The molecule has 2 heterocycles. The first-order valence-corrected chi connectivity index (χ1v) is 11.2. The summed E-state index contributed by atoms with van der Waals surface area (Å²) in [5.74, 6) is 0.601. The Balaban J connectivity index is 1.83. The number of halogens is 1. The van der Waals surface area contributed by atoms with Crippen LogP contribution in [0.15, 0.2) is 107 Å². The van der Waals surface area contributed by atoms with Crippen molar-refractivity contribution in [3.05, 3.63) is 124 Å². The number of rotatable bonds is 5. The molecule has 0 radical (unpaired) electrons. The molecule has 0 saturated carbocycles. The molecule has 0 N–H and O–H groups in total. The largest absolute Gasteiger partial charge is 0.216 e. The van der Waals surface area contributed by atoms with Gasteiger partial charge in [0.25, 0.3) is 0 Å². The lowest BCUT2D eigenvalue weighted by Crippen LogP contribution is -2.39. The Hall–Kier alpha value is -3.09. The quantitative estimate of drug-likeness (QED) is 0.294. The molecular weight excluding hydrogens is 456 g/mol. The summed E-state index contributed by atoms with van der Waals surface area (Å²) >= 11 is 5.18. The summed E-state index contributed by atoms with van der Waals surface area (Å²) in [6.07, 6.45) is 0. The highest BCUT2D eigenvalue weighted by Crippen LogP contribution is 2.40. The van der Waals surface area contributed by atoms with Crippen LogP contribution in [0, 0.1) is 0 Å². The Kier molecular flexibility index (Phi) is 5.02. The fraction of sp³-hybridized carbons (Fsp3) is 0.0417. The smallest absolute Gasteiger partial charge is 0.144 e. The van der Waals surface area contributed by atoms with Crippen LogP contribution in [-0.4, -0.2) is 20.2 Å². The maximum absolute atomic E-state index is 4.89. The minimum atomic E-state index is -0.751. The van der Waals surface area contributed by atoms with Crippen molar-refractivity contribution in [1.29, 1.82) is 0 Å². The molecular formula is C24H17BrN4S. The normalized spacial score (nSPS) is 11.5. The Morgan fingerprint density at radius 2 is 1.20 bits per heavy atom. The fourth-order valence-electron chi connectivity index (χ4n) is 3.79. The van der Waals surface area contributed by atoms with E-state index in [9.17, 15) is 0 Å². The lowest BCUT2D eigenvalue weighted by molar-refractivity contribution is 0.396. The molecule has 0 aliphatic heterocycles. The Morgan fingerprint density at radius 3 is 1.63 bits per heavy atom. The summed E-state index contributed by atoms with van der Waals surface area (Å²) in [4.78, 5) is 2.71. The molecule has 0 aliphatic carbocycles. The van der Waals surface area contributed by atoms with Crippen molar-refractivity contribution < 1.29 is 0 Å². The van der Waals surface area contributed by atoms with E-state index in [1.54, 1.807) is 16.1 Å². The number of thiophene rings is 1. The Morgan fingerprint density at radius 1 is 0.700 bits per heavy atom. The van der Waals surface area contributed by atoms with Gasteiger partial charge in [-0.15, -0.1) is 26.3 Å². The molecule has 5 aromatic rings. The molecule has 2 aromatic heterocycles. The van der Waals surface area contributed by atoms with Crippen molar-refractivity contribution in [2.45, 2.75) is 5.54 Å². The van der Waals surface area contributed by atoms with Crippen LogP contribution in [0.5, 0.6) is 0 Å². The van der Waals surface area contributed by atoms with Crippen LogP contribution < -0.4 is 0 Å². The summed E-state index contributed by atoms with van der Waals surface area (Å²) in [5, 5.41) is 15.9. The molecule has 0 bridgehead atoms. The number of tetrazole rings is 1. The van der Waals surface area contributed by atoms with Crippen LogP contribution in [0.4, 0.5) is 0 Å². The fourth-order valence-corrected chi connectivity index (χ4v) is 5.26. The number of benzene rings is 3. The molecule has 4 nitrogen and oxygen atoms in total. The lowest BCUT2D eigenvalue weighted by atomic mass is 9.77. The molecule has 0 amide bonds. The molecule has 6 heteroatoms. The van der Waals surface area contributed by atoms with Gasteiger partial charge in [0.1, 0.15) is 0 Å². The summed E-state index contributed by atoms with van der Waals surface area (Å²) in [6, 6.07) is 33.0. The van der Waals surface area contributed by atoms with Crippen molar-refractivity contribution in [2.24, 2.45) is 0 Å². The van der Waals surface area contributed by atoms with Crippen LogP contribution in [0.2, 0.25) is 0 Å². The van der Waals surface area contributed by atoms with E-state index in [1.807, 2.05) is 66.0 Å². The molecule has 146 valence electrons. The van der Waals surface area contributed by atoms with E-state index in [4.69, 9.17) is 5.10 Å². The molecule has 0 fully saturated rings. The first-order chi connectivity index (χ1) is 14.8. The molecule has 5 rings (SSSR count). The van der Waals surface area contributed by atoms with Gasteiger partial charge in [-0.05, 0) is 49.3 Å². The van der Waals surface area contributed by atoms with Gasteiger partial charge < -0.3 is 0 Å². The zero-order valence-corrected chi connectivity index (χ0v) is 18.3. The van der Waals surface area contributed by atoms with E-state index in [2.05, 4.69) is 62.6 Å². The van der Waals surface area contributed by atoms with Crippen molar-refractivity contribution >= 4 is 27.3 Å². The second-order valence-corrected chi connectivity index (χ2v) is 8.58. The zero-order chi connectivity index (χ0) is 20.4. The predicted molar refractivity (Wildman–Crippen MR) is 123 cm³/mol. The SMILES string of the molecule is Brc1ccsc1-c1nnn(C(c2ccccc2)(c2ccccc2)c2ccccc2)n1. The van der Waals surface area contributed by atoms with Crippen molar-refractivity contribution in [3.63, 3.8) is 0 Å². The highest BCUT2D eigenvalue weighted by Gasteiger charge is 2.41. The third-order valence-electron chi connectivity index (χ3n) is 5.11. The van der Waals surface area contributed by atoms with Gasteiger partial charge in [0.2, 0.25) is 5.82 Å². The first-order valence-electron chi connectivity index (χ1n) is 9.50. The third-order valence-corrected chi connectivity index (χ3v) is 6.94. The van der Waals surface area contributed by atoms with Gasteiger partial charge in [-0.1, -0.05) is 91.0 Å². The maximum Gasteiger partial charge on any atom is 0.216 e. The van der Waals surface area contributed by atoms with Crippen LogP contribution in [-0.2, 0) is 5.54 Å². The van der Waals surface area contributed by atoms with Crippen LogP contribution in [0.1, 0.15) is 16.7 Å². The number of hydrogen-bond acceptors (Lipinski definition) is 4. The molecule has 30 heavy (non-hydrogen) atoms.